The predicted octanol–water partition coefficient (Wildman–Crippen LogP) is 0.447. The number of quaternary nitrogens is 1. The van der Waals surface area contributed by atoms with Crippen LogP contribution >= 0.6 is 32.4 Å². The fraction of sp³-hybridized carbons (Fsp3) is 1.00. The molecule has 12 heavy (non-hydrogen) atoms. The summed E-state index contributed by atoms with van der Waals surface area (Å²) in [4.78, 5) is 0. The zero-order valence-electron chi connectivity index (χ0n) is 7.48. The van der Waals surface area contributed by atoms with Gasteiger partial charge in [-0.3, -0.25) is 4.18 Å². The minimum absolute atomic E-state index is 0. The molecule has 0 aromatic rings. The normalized spacial score (nSPS) is 12.3. The molecule has 0 aromatic heterocycles. The monoisotopic (exact) mass is 328 g/mol. The van der Waals surface area contributed by atoms with Gasteiger partial charge in [-0.15, -0.1) is 24.0 Å². The molecular weight excluding hydrogens is 312 g/mol. The third-order valence-electron chi connectivity index (χ3n) is 1.01. The Bertz CT molecular complexity index is 211. The van der Waals surface area contributed by atoms with Gasteiger partial charge in [0.25, 0.3) is 9.74 Å². The number of nitrogens with zero attached hydrogens (tertiary/aromatic N) is 1. The van der Waals surface area contributed by atoms with Crippen LogP contribution in [-0.4, -0.2) is 47.2 Å². The van der Waals surface area contributed by atoms with E-state index in [1.165, 1.54) is 0 Å². The van der Waals surface area contributed by atoms with E-state index in [1.807, 2.05) is 21.1 Å². The molecule has 0 aliphatic rings. The highest BCUT2D eigenvalue weighted by molar-refractivity contribution is 14.0. The average molecular weight is 328 g/mol. The van der Waals surface area contributed by atoms with Gasteiger partial charge in [-0.25, -0.2) is 0 Å². The average Bonchev–Trinajstić information content (AvgIpc) is 1.55. The van der Waals surface area contributed by atoms with Crippen molar-refractivity contribution in [1.82, 2.24) is 0 Å². The second kappa shape index (κ2) is 5.70. The van der Waals surface area contributed by atoms with E-state index in [4.69, 9.17) is 0 Å². The molecule has 0 aliphatic carbocycles. The molecule has 0 bridgehead atoms. The largest absolute Gasteiger partial charge is 0.329 e. The Balaban J connectivity index is 0. The number of likely N-dealkylation sites (N-methyl/N-ethyl adjacent to an activating group) is 1. The second-order valence-electron chi connectivity index (χ2n) is 3.33. The van der Waals surface area contributed by atoms with Gasteiger partial charge in [0, 0.05) is 8.44 Å². The highest BCUT2D eigenvalue weighted by Crippen LogP contribution is 2.02. The first-order chi connectivity index (χ1) is 4.71. The summed E-state index contributed by atoms with van der Waals surface area (Å²) in [6, 6.07) is 0. The van der Waals surface area contributed by atoms with Crippen LogP contribution in [0, 0.1) is 0 Å². The fourth-order valence-corrected chi connectivity index (χ4v) is 1.02. The van der Waals surface area contributed by atoms with Crippen LogP contribution in [0.1, 0.15) is 0 Å². The maximum Gasteiger partial charge on any atom is 0.277 e. The topological polar surface area (TPSA) is 43.4 Å². The van der Waals surface area contributed by atoms with Crippen molar-refractivity contribution in [1.29, 1.82) is 0 Å². The molecule has 0 rings (SSSR count). The van der Waals surface area contributed by atoms with Crippen molar-refractivity contribution in [3.8, 4) is 0 Å². The molecule has 7 heteroatoms. The third-order valence-corrected chi connectivity index (χ3v) is 1.91. The second-order valence-corrected chi connectivity index (χ2v) is 6.28. The molecule has 0 heterocycles. The lowest BCUT2D eigenvalue weighted by Gasteiger charge is -2.22. The molecule has 0 saturated carbocycles. The van der Waals surface area contributed by atoms with E-state index in [0.29, 0.717) is 11.0 Å². The molecule has 0 aliphatic heterocycles. The SMILES string of the molecule is C[N+](C)(C)CCOS(=O)(=O)P.I. The van der Waals surface area contributed by atoms with Crippen molar-refractivity contribution in [2.75, 3.05) is 34.3 Å². The lowest BCUT2D eigenvalue weighted by Crippen LogP contribution is -2.37. The number of hydrogen-bond donors (Lipinski definition) is 0. The molecule has 0 spiro atoms. The number of hydrogen-bond acceptors (Lipinski definition) is 3. The van der Waals surface area contributed by atoms with Gasteiger partial charge in [-0.1, -0.05) is 0 Å². The third kappa shape index (κ3) is 13.6. The molecule has 0 aromatic carbocycles. The van der Waals surface area contributed by atoms with Gasteiger partial charge in [0.15, 0.2) is 0 Å². The Morgan fingerprint density at radius 2 is 1.75 bits per heavy atom. The molecular formula is C5H16INO3PS+. The Hall–Kier alpha value is 1.03. The highest BCUT2D eigenvalue weighted by atomic mass is 127. The van der Waals surface area contributed by atoms with Crippen molar-refractivity contribution < 1.29 is 17.1 Å². The quantitative estimate of drug-likeness (QED) is 0.428. The lowest BCUT2D eigenvalue weighted by atomic mass is 10.5. The van der Waals surface area contributed by atoms with Crippen LogP contribution in [-0.2, 0) is 13.9 Å². The zero-order valence-corrected chi connectivity index (χ0v) is 11.8. The number of rotatable bonds is 4. The van der Waals surface area contributed by atoms with Crippen LogP contribution in [0.5, 0.6) is 0 Å². The molecule has 0 fully saturated rings. The molecule has 0 radical (unpaired) electrons. The number of halogens is 1. The van der Waals surface area contributed by atoms with Gasteiger partial charge in [0.2, 0.25) is 0 Å². The maximum absolute atomic E-state index is 10.5. The summed E-state index contributed by atoms with van der Waals surface area (Å²) in [6.45, 7) is 0.906. The van der Waals surface area contributed by atoms with Crippen molar-refractivity contribution in [2.45, 2.75) is 0 Å². The van der Waals surface area contributed by atoms with Crippen molar-refractivity contribution in [3.05, 3.63) is 0 Å². The first-order valence-electron chi connectivity index (χ1n) is 3.18. The summed E-state index contributed by atoms with van der Waals surface area (Å²) in [5.41, 5.74) is 0. The summed E-state index contributed by atoms with van der Waals surface area (Å²) >= 11 is 0. The van der Waals surface area contributed by atoms with Gasteiger partial charge < -0.3 is 4.48 Å². The van der Waals surface area contributed by atoms with E-state index in [1.54, 1.807) is 8.44 Å². The first-order valence-corrected chi connectivity index (χ1v) is 6.07. The molecule has 0 amide bonds. The first kappa shape index (κ1) is 15.5. The fourth-order valence-electron chi connectivity index (χ4n) is 0.427. The van der Waals surface area contributed by atoms with Crippen molar-refractivity contribution >= 4 is 42.2 Å². The molecule has 0 saturated heterocycles. The van der Waals surface area contributed by atoms with Crippen LogP contribution in [0.4, 0.5) is 0 Å². The van der Waals surface area contributed by atoms with Crippen molar-refractivity contribution in [3.63, 3.8) is 0 Å². The van der Waals surface area contributed by atoms with Gasteiger partial charge in [-0.2, -0.15) is 8.42 Å². The maximum atomic E-state index is 10.5. The van der Waals surface area contributed by atoms with E-state index in [9.17, 15) is 8.42 Å². The minimum Gasteiger partial charge on any atom is -0.329 e. The highest BCUT2D eigenvalue weighted by Gasteiger charge is 2.09. The predicted molar refractivity (Wildman–Crippen MR) is 62.9 cm³/mol. The molecule has 0 N–H and O–H groups in total. The smallest absolute Gasteiger partial charge is 0.277 e. The van der Waals surface area contributed by atoms with Crippen molar-refractivity contribution in [2.24, 2.45) is 0 Å². The van der Waals surface area contributed by atoms with E-state index in [-0.39, 0.29) is 30.6 Å². The molecule has 4 nitrogen and oxygen atoms in total. The Morgan fingerprint density at radius 3 is 2.00 bits per heavy atom. The van der Waals surface area contributed by atoms with E-state index < -0.39 is 9.74 Å². The minimum atomic E-state index is -3.34. The van der Waals surface area contributed by atoms with Crippen LogP contribution in [0.2, 0.25) is 0 Å². The Kier molecular flexibility index (Phi) is 7.36. The van der Waals surface area contributed by atoms with Crippen LogP contribution in [0.25, 0.3) is 0 Å². The molecule has 1 atom stereocenters. The summed E-state index contributed by atoms with van der Waals surface area (Å²) in [5.74, 6) is 0. The van der Waals surface area contributed by atoms with E-state index in [0.717, 1.165) is 0 Å². The van der Waals surface area contributed by atoms with E-state index in [2.05, 4.69) is 4.18 Å². The summed E-state index contributed by atoms with van der Waals surface area (Å²) in [7, 11) is 4.22. The van der Waals surface area contributed by atoms with Gasteiger partial charge in [0.1, 0.15) is 13.2 Å². The van der Waals surface area contributed by atoms with E-state index >= 15 is 0 Å². The van der Waals surface area contributed by atoms with Gasteiger partial charge in [0.05, 0.1) is 21.1 Å². The Labute approximate surface area is 93.3 Å². The standard InChI is InChI=1S/C5H15NO3PS.HI/c1-6(2,3)4-5-9-11(7,8)10;/h4-5,10H2,1-3H3;1H/q+1;. The Morgan fingerprint density at radius 1 is 1.33 bits per heavy atom. The van der Waals surface area contributed by atoms with Crippen LogP contribution < -0.4 is 0 Å². The van der Waals surface area contributed by atoms with Gasteiger partial charge >= 0.3 is 0 Å². The lowest BCUT2D eigenvalue weighted by molar-refractivity contribution is -0.870. The van der Waals surface area contributed by atoms with Crippen LogP contribution in [0.15, 0.2) is 0 Å². The molecule has 76 valence electrons. The van der Waals surface area contributed by atoms with Gasteiger partial charge in [-0.05, 0) is 0 Å². The summed E-state index contributed by atoms with van der Waals surface area (Å²) in [5, 5.41) is 0. The summed E-state index contributed by atoms with van der Waals surface area (Å²) < 4.78 is 26.1. The van der Waals surface area contributed by atoms with Crippen LogP contribution in [0.3, 0.4) is 0 Å². The zero-order chi connectivity index (χ0) is 9.12. The summed E-state index contributed by atoms with van der Waals surface area (Å²) in [6.07, 6.45) is 0. The molecule has 1 unspecified atom stereocenters.